The molecule has 6 heteroatoms. The third-order valence-electron chi connectivity index (χ3n) is 4.35. The van der Waals surface area contributed by atoms with Crippen LogP contribution in [-0.2, 0) is 17.1 Å². The van der Waals surface area contributed by atoms with Crippen LogP contribution in [0.4, 0.5) is 0 Å². The third kappa shape index (κ3) is 4.63. The van der Waals surface area contributed by atoms with Crippen LogP contribution in [0.3, 0.4) is 0 Å². The highest BCUT2D eigenvalue weighted by Crippen LogP contribution is 2.47. The van der Waals surface area contributed by atoms with Crippen LogP contribution in [-0.4, -0.2) is 28.6 Å². The molecule has 3 rings (SSSR count). The molecule has 0 saturated heterocycles. The smallest absolute Gasteiger partial charge is 0.223 e. The maximum absolute atomic E-state index is 12.2. The van der Waals surface area contributed by atoms with Crippen LogP contribution in [0.1, 0.15) is 47.9 Å². The summed E-state index contributed by atoms with van der Waals surface area (Å²) in [5.41, 5.74) is 1.11. The van der Waals surface area contributed by atoms with Crippen LogP contribution in [0.25, 0.3) is 0 Å². The van der Waals surface area contributed by atoms with Gasteiger partial charge >= 0.3 is 0 Å². The van der Waals surface area contributed by atoms with Gasteiger partial charge in [0.05, 0.1) is 17.2 Å². The Kier molecular flexibility index (Phi) is 5.66. The molecule has 0 bridgehead atoms. The maximum atomic E-state index is 12.2. The minimum absolute atomic E-state index is 0.162. The van der Waals surface area contributed by atoms with E-state index in [-0.39, 0.29) is 5.91 Å². The van der Waals surface area contributed by atoms with Crippen molar-refractivity contribution < 1.29 is 9.21 Å². The van der Waals surface area contributed by atoms with E-state index >= 15 is 0 Å². The summed E-state index contributed by atoms with van der Waals surface area (Å²) >= 11 is 3.43. The van der Waals surface area contributed by atoms with Crippen LogP contribution < -0.4 is 0 Å². The molecule has 1 aliphatic rings. The highest BCUT2D eigenvalue weighted by molar-refractivity contribution is 7.98. The highest BCUT2D eigenvalue weighted by atomic mass is 32.2. The van der Waals surface area contributed by atoms with Gasteiger partial charge in [-0.2, -0.15) is 11.8 Å². The highest BCUT2D eigenvalue weighted by Gasteiger charge is 2.36. The summed E-state index contributed by atoms with van der Waals surface area (Å²) < 4.78 is 5.88. The van der Waals surface area contributed by atoms with Gasteiger partial charge in [-0.15, -0.1) is 11.3 Å². The lowest BCUT2D eigenvalue weighted by Crippen LogP contribution is -2.26. The van der Waals surface area contributed by atoms with Crippen LogP contribution in [0.2, 0.25) is 0 Å². The van der Waals surface area contributed by atoms with Gasteiger partial charge in [0, 0.05) is 36.3 Å². The normalized spacial score (nSPS) is 19.5. The number of furan rings is 1. The first-order valence-corrected chi connectivity index (χ1v) is 10.4. The van der Waals surface area contributed by atoms with E-state index in [9.17, 15) is 4.79 Å². The van der Waals surface area contributed by atoms with Gasteiger partial charge in [0.2, 0.25) is 5.91 Å². The molecule has 1 saturated carbocycles. The van der Waals surface area contributed by atoms with Crippen molar-refractivity contribution in [1.29, 1.82) is 0 Å². The first-order chi connectivity index (χ1) is 11.5. The van der Waals surface area contributed by atoms with E-state index in [1.54, 1.807) is 28.0 Å². The van der Waals surface area contributed by atoms with Gasteiger partial charge < -0.3 is 9.32 Å². The molecule has 0 N–H and O–H groups in total. The number of carbonyl (C=O) groups is 1. The van der Waals surface area contributed by atoms with Crippen molar-refractivity contribution in [2.24, 2.45) is 5.92 Å². The molecular weight excluding hydrogens is 340 g/mol. The van der Waals surface area contributed by atoms with Gasteiger partial charge in [-0.1, -0.05) is 6.92 Å². The Morgan fingerprint density at radius 2 is 2.29 bits per heavy atom. The second-order valence-electron chi connectivity index (χ2n) is 6.53. The third-order valence-corrected chi connectivity index (χ3v) is 6.17. The lowest BCUT2D eigenvalue weighted by molar-refractivity contribution is -0.130. The molecule has 2 atom stereocenters. The summed E-state index contributed by atoms with van der Waals surface area (Å²) in [7, 11) is 1.85. The molecule has 0 spiro atoms. The number of aryl methyl sites for hydroxylation is 1. The van der Waals surface area contributed by atoms with Crippen molar-refractivity contribution >= 4 is 29.0 Å². The van der Waals surface area contributed by atoms with Gasteiger partial charge in [0.1, 0.15) is 11.5 Å². The topological polar surface area (TPSA) is 46.3 Å². The molecule has 24 heavy (non-hydrogen) atoms. The second kappa shape index (κ2) is 7.74. The first kappa shape index (κ1) is 17.5. The quantitative estimate of drug-likeness (QED) is 0.649. The molecule has 1 amide bonds. The minimum atomic E-state index is 0.162. The Morgan fingerprint density at radius 3 is 2.96 bits per heavy atom. The van der Waals surface area contributed by atoms with Gasteiger partial charge in [0.15, 0.2) is 0 Å². The van der Waals surface area contributed by atoms with Crippen molar-refractivity contribution in [3.05, 3.63) is 39.7 Å². The Hall–Kier alpha value is -1.27. The molecule has 2 aromatic rings. The zero-order valence-electron chi connectivity index (χ0n) is 14.4. The molecule has 130 valence electrons. The lowest BCUT2D eigenvalue weighted by atomic mass is 10.3. The standard InChI is InChI=1S/C18H24N2O2S2/c1-12-8-16(12)17-5-4-15(22-17)9-20(3)18(21)6-7-23-10-14-11-24-13(2)19-14/h4-5,11-12,16H,6-10H2,1-3H3/t12-,16-/m0/s1. The number of hydrogen-bond donors (Lipinski definition) is 0. The number of amides is 1. The maximum Gasteiger partial charge on any atom is 0.223 e. The molecule has 0 aromatic carbocycles. The van der Waals surface area contributed by atoms with Crippen LogP contribution in [0.5, 0.6) is 0 Å². The van der Waals surface area contributed by atoms with E-state index in [1.807, 2.05) is 20.0 Å². The van der Waals surface area contributed by atoms with E-state index in [2.05, 4.69) is 23.4 Å². The van der Waals surface area contributed by atoms with Crippen LogP contribution in [0.15, 0.2) is 21.9 Å². The van der Waals surface area contributed by atoms with Crippen molar-refractivity contribution in [3.8, 4) is 0 Å². The number of rotatable bonds is 8. The first-order valence-electron chi connectivity index (χ1n) is 8.34. The largest absolute Gasteiger partial charge is 0.464 e. The van der Waals surface area contributed by atoms with Crippen molar-refractivity contribution in [2.75, 3.05) is 12.8 Å². The van der Waals surface area contributed by atoms with Crippen molar-refractivity contribution in [1.82, 2.24) is 9.88 Å². The van der Waals surface area contributed by atoms with Gasteiger partial charge in [0.25, 0.3) is 0 Å². The predicted octanol–water partition coefficient (Wildman–Crippen LogP) is 4.45. The van der Waals surface area contributed by atoms with Crippen molar-refractivity contribution in [3.63, 3.8) is 0 Å². The Morgan fingerprint density at radius 1 is 1.50 bits per heavy atom. The van der Waals surface area contributed by atoms with Gasteiger partial charge in [-0.25, -0.2) is 4.98 Å². The summed E-state index contributed by atoms with van der Waals surface area (Å²) in [5, 5.41) is 3.19. The van der Waals surface area contributed by atoms with E-state index in [0.717, 1.165) is 39.6 Å². The molecule has 1 aliphatic carbocycles. The minimum Gasteiger partial charge on any atom is -0.464 e. The molecule has 0 unspecified atom stereocenters. The fourth-order valence-corrected chi connectivity index (χ4v) is 4.26. The summed E-state index contributed by atoms with van der Waals surface area (Å²) in [4.78, 5) is 18.4. The fourth-order valence-electron chi connectivity index (χ4n) is 2.72. The number of carbonyl (C=O) groups excluding carboxylic acids is 1. The zero-order chi connectivity index (χ0) is 17.1. The Labute approximate surface area is 151 Å². The fraction of sp³-hybridized carbons (Fsp3) is 0.556. The molecule has 2 heterocycles. The number of thiazole rings is 1. The number of nitrogens with zero attached hydrogens (tertiary/aromatic N) is 2. The average molecular weight is 365 g/mol. The van der Waals surface area contributed by atoms with E-state index in [1.165, 1.54) is 6.42 Å². The van der Waals surface area contributed by atoms with E-state index < -0.39 is 0 Å². The van der Waals surface area contributed by atoms with E-state index in [0.29, 0.717) is 18.9 Å². The second-order valence-corrected chi connectivity index (χ2v) is 8.70. The lowest BCUT2D eigenvalue weighted by Gasteiger charge is -2.15. The summed E-state index contributed by atoms with van der Waals surface area (Å²) in [6, 6.07) is 4.07. The Balaban J connectivity index is 1.37. The monoisotopic (exact) mass is 364 g/mol. The number of hydrogen-bond acceptors (Lipinski definition) is 5. The summed E-state index contributed by atoms with van der Waals surface area (Å²) in [6.07, 6.45) is 1.77. The SMILES string of the molecule is Cc1nc(CSCCC(=O)N(C)Cc2ccc([C@H]3C[C@@H]3C)o2)cs1. The van der Waals surface area contributed by atoms with Crippen molar-refractivity contribution in [2.45, 2.75) is 44.9 Å². The summed E-state index contributed by atoms with van der Waals surface area (Å²) in [6.45, 7) is 4.81. The molecule has 1 fully saturated rings. The predicted molar refractivity (Wildman–Crippen MR) is 99.3 cm³/mol. The molecule has 2 aromatic heterocycles. The Bertz CT molecular complexity index is 695. The molecule has 4 nitrogen and oxygen atoms in total. The van der Waals surface area contributed by atoms with E-state index in [4.69, 9.17) is 4.42 Å². The van der Waals surface area contributed by atoms with Gasteiger partial charge in [-0.3, -0.25) is 4.79 Å². The van der Waals surface area contributed by atoms with Crippen LogP contribution in [0, 0.1) is 12.8 Å². The number of thioether (sulfide) groups is 1. The van der Waals surface area contributed by atoms with Crippen LogP contribution >= 0.6 is 23.1 Å². The molecule has 0 aliphatic heterocycles. The zero-order valence-corrected chi connectivity index (χ0v) is 16.1. The number of aromatic nitrogens is 1. The summed E-state index contributed by atoms with van der Waals surface area (Å²) in [5.74, 6) is 5.14. The average Bonchev–Trinajstić information content (AvgIpc) is 2.94. The van der Waals surface area contributed by atoms with Gasteiger partial charge in [-0.05, 0) is 31.4 Å². The molecule has 0 radical (unpaired) electrons. The molecular formula is C18H24N2O2S2.